The molecule has 1 atom stereocenters. The second-order valence-electron chi connectivity index (χ2n) is 6.50. The maximum atomic E-state index is 14.9. The van der Waals surface area contributed by atoms with Gasteiger partial charge in [-0.1, -0.05) is 13.0 Å². The van der Waals surface area contributed by atoms with Gasteiger partial charge in [0.05, 0.1) is 12.6 Å². The molecule has 1 aliphatic rings. The first kappa shape index (κ1) is 16.8. The van der Waals surface area contributed by atoms with Crippen molar-refractivity contribution in [2.75, 3.05) is 20.2 Å². The number of ether oxygens (including phenoxy) is 1. The van der Waals surface area contributed by atoms with Gasteiger partial charge in [0.25, 0.3) is 0 Å². The molecule has 1 aliphatic heterocycles. The lowest BCUT2D eigenvalue weighted by Gasteiger charge is -2.36. The van der Waals surface area contributed by atoms with Crippen LogP contribution >= 0.6 is 0 Å². The van der Waals surface area contributed by atoms with Crippen molar-refractivity contribution in [1.82, 2.24) is 4.90 Å². The molecule has 1 heterocycles. The molecule has 0 spiro atoms. The van der Waals surface area contributed by atoms with Crippen LogP contribution in [-0.2, 0) is 6.42 Å². The smallest absolute Gasteiger partial charge is 0.132 e. The summed E-state index contributed by atoms with van der Waals surface area (Å²) in [6.07, 6.45) is 1.75. The third-order valence-corrected chi connectivity index (χ3v) is 4.65. The molecule has 0 saturated carbocycles. The average molecular weight is 329 g/mol. The van der Waals surface area contributed by atoms with E-state index in [-0.39, 0.29) is 17.6 Å². The normalized spacial score (nSPS) is 17.6. The summed E-state index contributed by atoms with van der Waals surface area (Å²) in [7, 11) is 2.01. The lowest BCUT2D eigenvalue weighted by atomic mass is 9.86. The molecule has 0 bridgehead atoms. The molecule has 0 saturated heterocycles. The Morgan fingerprint density at radius 2 is 2.08 bits per heavy atom. The van der Waals surface area contributed by atoms with Crippen LogP contribution in [-0.4, -0.2) is 30.2 Å². The van der Waals surface area contributed by atoms with Crippen molar-refractivity contribution in [2.24, 2.45) is 0 Å². The molecule has 24 heavy (non-hydrogen) atoms. The van der Waals surface area contributed by atoms with Gasteiger partial charge in [0.2, 0.25) is 0 Å². The molecule has 2 aromatic rings. The topological polar surface area (TPSA) is 32.7 Å². The maximum Gasteiger partial charge on any atom is 0.132 e. The van der Waals surface area contributed by atoms with Crippen LogP contribution in [0.4, 0.5) is 4.39 Å². The van der Waals surface area contributed by atoms with Crippen molar-refractivity contribution in [2.45, 2.75) is 32.7 Å². The van der Waals surface area contributed by atoms with Crippen molar-refractivity contribution in [1.29, 1.82) is 0 Å². The first-order valence-corrected chi connectivity index (χ1v) is 8.46. The molecular weight excluding hydrogens is 305 g/mol. The van der Waals surface area contributed by atoms with Crippen molar-refractivity contribution in [3.8, 4) is 11.5 Å². The number of nitrogens with zero attached hydrogens (tertiary/aromatic N) is 1. The minimum absolute atomic E-state index is 0.144. The third-order valence-electron chi connectivity index (χ3n) is 4.65. The lowest BCUT2D eigenvalue weighted by molar-refractivity contribution is 0.257. The Hall–Kier alpha value is -2.07. The monoisotopic (exact) mass is 329 g/mol. The second-order valence-corrected chi connectivity index (χ2v) is 6.50. The SMILES string of the molecule is CCCOc1cc(C)c([C@H]2c3ccc(O)cc3CCN2C)c(F)c1. The van der Waals surface area contributed by atoms with E-state index < -0.39 is 0 Å². The number of likely N-dealkylation sites (N-methyl/N-ethyl adjacent to an activating group) is 1. The molecule has 0 unspecified atom stereocenters. The summed E-state index contributed by atoms with van der Waals surface area (Å²) in [6, 6.07) is 8.63. The molecule has 0 fully saturated rings. The number of aromatic hydroxyl groups is 1. The molecule has 3 rings (SSSR count). The van der Waals surface area contributed by atoms with Crippen LogP contribution in [0.5, 0.6) is 11.5 Å². The Morgan fingerprint density at radius 3 is 2.79 bits per heavy atom. The van der Waals surface area contributed by atoms with Gasteiger partial charge in [0.1, 0.15) is 17.3 Å². The predicted octanol–water partition coefficient (Wildman–Crippen LogP) is 4.21. The number of phenolic OH excluding ortho intramolecular Hbond substituents is 1. The highest BCUT2D eigenvalue weighted by atomic mass is 19.1. The van der Waals surface area contributed by atoms with Gasteiger partial charge in [-0.2, -0.15) is 0 Å². The van der Waals surface area contributed by atoms with E-state index in [4.69, 9.17) is 4.74 Å². The number of aryl methyl sites for hydroxylation is 1. The van der Waals surface area contributed by atoms with E-state index in [0.29, 0.717) is 17.9 Å². The quantitative estimate of drug-likeness (QED) is 0.912. The average Bonchev–Trinajstić information content (AvgIpc) is 2.54. The highest BCUT2D eigenvalue weighted by molar-refractivity contribution is 5.47. The first-order valence-electron chi connectivity index (χ1n) is 8.46. The first-order chi connectivity index (χ1) is 11.5. The van der Waals surface area contributed by atoms with Crippen LogP contribution in [0.3, 0.4) is 0 Å². The number of hydrogen-bond donors (Lipinski definition) is 1. The fraction of sp³-hybridized carbons (Fsp3) is 0.400. The number of fused-ring (bicyclic) bond motifs is 1. The van der Waals surface area contributed by atoms with E-state index in [1.807, 2.05) is 33.0 Å². The molecular formula is C20H24FNO2. The second kappa shape index (κ2) is 6.81. The van der Waals surface area contributed by atoms with E-state index in [1.165, 1.54) is 6.07 Å². The minimum atomic E-state index is -0.237. The standard InChI is InChI=1S/C20H24FNO2/c1-4-9-24-16-10-13(2)19(18(21)12-16)20-17-6-5-15(23)11-14(17)7-8-22(20)3/h5-6,10-12,20,23H,4,7-9H2,1-3H3/t20-/m1/s1. The van der Waals surface area contributed by atoms with Gasteiger partial charge in [-0.05, 0) is 61.7 Å². The Kier molecular flexibility index (Phi) is 4.76. The fourth-order valence-electron chi connectivity index (χ4n) is 3.49. The molecule has 3 nitrogen and oxygen atoms in total. The largest absolute Gasteiger partial charge is 0.508 e. The molecule has 4 heteroatoms. The molecule has 128 valence electrons. The number of rotatable bonds is 4. The van der Waals surface area contributed by atoms with Crippen LogP contribution in [0, 0.1) is 12.7 Å². The lowest BCUT2D eigenvalue weighted by Crippen LogP contribution is -2.33. The molecule has 0 aliphatic carbocycles. The highest BCUT2D eigenvalue weighted by Gasteiger charge is 2.30. The van der Waals surface area contributed by atoms with Gasteiger partial charge in [-0.3, -0.25) is 4.90 Å². The van der Waals surface area contributed by atoms with Crippen LogP contribution in [0.2, 0.25) is 0 Å². The van der Waals surface area contributed by atoms with E-state index in [0.717, 1.165) is 36.1 Å². The maximum absolute atomic E-state index is 14.9. The zero-order chi connectivity index (χ0) is 17.3. The van der Waals surface area contributed by atoms with Crippen molar-refractivity contribution in [3.05, 3.63) is 58.4 Å². The van der Waals surface area contributed by atoms with E-state index in [1.54, 1.807) is 12.1 Å². The van der Waals surface area contributed by atoms with Crippen LogP contribution in [0.1, 0.15) is 41.6 Å². The Balaban J connectivity index is 2.05. The summed E-state index contributed by atoms with van der Waals surface area (Å²) in [5.74, 6) is 0.608. The van der Waals surface area contributed by atoms with Gasteiger partial charge in [-0.25, -0.2) is 4.39 Å². The van der Waals surface area contributed by atoms with Crippen LogP contribution < -0.4 is 4.74 Å². The molecule has 0 amide bonds. The molecule has 0 radical (unpaired) electrons. The highest BCUT2D eigenvalue weighted by Crippen LogP contribution is 2.39. The Morgan fingerprint density at radius 1 is 1.29 bits per heavy atom. The Labute approximate surface area is 142 Å². The van der Waals surface area contributed by atoms with Crippen molar-refractivity contribution < 1.29 is 14.2 Å². The van der Waals surface area contributed by atoms with Crippen molar-refractivity contribution >= 4 is 0 Å². The van der Waals surface area contributed by atoms with Crippen LogP contribution in [0.15, 0.2) is 30.3 Å². The van der Waals surface area contributed by atoms with E-state index >= 15 is 0 Å². The zero-order valence-electron chi connectivity index (χ0n) is 14.5. The predicted molar refractivity (Wildman–Crippen MR) is 93.2 cm³/mol. The number of hydrogen-bond acceptors (Lipinski definition) is 3. The summed E-state index contributed by atoms with van der Waals surface area (Å²) in [5, 5.41) is 9.73. The van der Waals surface area contributed by atoms with E-state index in [9.17, 15) is 9.50 Å². The summed E-state index contributed by atoms with van der Waals surface area (Å²) in [4.78, 5) is 2.16. The Bertz CT molecular complexity index is 721. The van der Waals surface area contributed by atoms with Gasteiger partial charge in [0.15, 0.2) is 0 Å². The van der Waals surface area contributed by atoms with Crippen LogP contribution in [0.25, 0.3) is 0 Å². The molecule has 0 aromatic heterocycles. The third kappa shape index (κ3) is 3.11. The van der Waals surface area contributed by atoms with Gasteiger partial charge in [0, 0.05) is 18.2 Å². The number of benzene rings is 2. The summed E-state index contributed by atoms with van der Waals surface area (Å²) < 4.78 is 20.5. The fourth-order valence-corrected chi connectivity index (χ4v) is 3.49. The van der Waals surface area contributed by atoms with Gasteiger partial charge < -0.3 is 9.84 Å². The number of halogens is 1. The number of phenols is 1. The zero-order valence-corrected chi connectivity index (χ0v) is 14.5. The summed E-state index contributed by atoms with van der Waals surface area (Å²) in [6.45, 7) is 5.37. The summed E-state index contributed by atoms with van der Waals surface area (Å²) in [5.41, 5.74) is 3.72. The van der Waals surface area contributed by atoms with E-state index in [2.05, 4.69) is 4.90 Å². The van der Waals surface area contributed by atoms with Gasteiger partial charge in [-0.15, -0.1) is 0 Å². The van der Waals surface area contributed by atoms with Crippen molar-refractivity contribution in [3.63, 3.8) is 0 Å². The molecule has 2 aromatic carbocycles. The minimum Gasteiger partial charge on any atom is -0.508 e. The molecule has 1 N–H and O–H groups in total. The summed E-state index contributed by atoms with van der Waals surface area (Å²) >= 11 is 0. The van der Waals surface area contributed by atoms with Gasteiger partial charge >= 0.3 is 0 Å².